The second-order valence-corrected chi connectivity index (χ2v) is 6.27. The SMILES string of the molecule is CC1CCCC(NCc2cc(Cl)ccc2Cl)CC1. The summed E-state index contributed by atoms with van der Waals surface area (Å²) in [4.78, 5) is 0. The van der Waals surface area contributed by atoms with Crippen LogP contribution in [0.2, 0.25) is 10.0 Å². The van der Waals surface area contributed by atoms with Gasteiger partial charge in [-0.15, -0.1) is 0 Å². The fraction of sp³-hybridized carbons (Fsp3) is 0.600. The van der Waals surface area contributed by atoms with Crippen molar-refractivity contribution in [2.75, 3.05) is 0 Å². The molecule has 2 unspecified atom stereocenters. The lowest BCUT2D eigenvalue weighted by molar-refractivity contribution is 0.447. The Kier molecular flexibility index (Phi) is 5.35. The van der Waals surface area contributed by atoms with Crippen LogP contribution in [-0.2, 0) is 6.54 Å². The molecule has 18 heavy (non-hydrogen) atoms. The molecular weight excluding hydrogens is 265 g/mol. The zero-order valence-corrected chi connectivity index (χ0v) is 12.4. The molecule has 1 aromatic carbocycles. The van der Waals surface area contributed by atoms with Crippen molar-refractivity contribution in [1.82, 2.24) is 5.32 Å². The highest BCUT2D eigenvalue weighted by atomic mass is 35.5. The van der Waals surface area contributed by atoms with Gasteiger partial charge in [0.1, 0.15) is 0 Å². The predicted molar refractivity (Wildman–Crippen MR) is 79.3 cm³/mol. The third kappa shape index (κ3) is 4.15. The normalized spacial score (nSPS) is 24.8. The van der Waals surface area contributed by atoms with Crippen molar-refractivity contribution in [2.24, 2.45) is 5.92 Å². The van der Waals surface area contributed by atoms with Crippen molar-refractivity contribution < 1.29 is 0 Å². The Labute approximate surface area is 120 Å². The first-order valence-corrected chi connectivity index (χ1v) is 7.58. The number of halogens is 2. The number of hydrogen-bond donors (Lipinski definition) is 1. The largest absolute Gasteiger partial charge is 0.310 e. The van der Waals surface area contributed by atoms with Crippen LogP contribution in [-0.4, -0.2) is 6.04 Å². The van der Waals surface area contributed by atoms with Crippen LogP contribution in [0.3, 0.4) is 0 Å². The van der Waals surface area contributed by atoms with Crippen LogP contribution in [0, 0.1) is 5.92 Å². The van der Waals surface area contributed by atoms with Crippen LogP contribution in [0.25, 0.3) is 0 Å². The molecule has 1 aliphatic carbocycles. The number of rotatable bonds is 3. The van der Waals surface area contributed by atoms with E-state index in [0.29, 0.717) is 6.04 Å². The molecule has 100 valence electrons. The quantitative estimate of drug-likeness (QED) is 0.766. The Morgan fingerprint density at radius 1 is 1.17 bits per heavy atom. The lowest BCUT2D eigenvalue weighted by atomic mass is 10.0. The van der Waals surface area contributed by atoms with E-state index in [0.717, 1.165) is 28.1 Å². The Hall–Kier alpha value is -0.240. The van der Waals surface area contributed by atoms with Gasteiger partial charge in [-0.2, -0.15) is 0 Å². The highest BCUT2D eigenvalue weighted by Gasteiger charge is 2.15. The molecule has 0 saturated heterocycles. The van der Waals surface area contributed by atoms with Gasteiger partial charge in [-0.25, -0.2) is 0 Å². The Morgan fingerprint density at radius 2 is 2.00 bits per heavy atom. The number of benzene rings is 1. The molecular formula is C15H21Cl2N. The lowest BCUT2D eigenvalue weighted by Crippen LogP contribution is -2.28. The van der Waals surface area contributed by atoms with Crippen LogP contribution in [0.4, 0.5) is 0 Å². The molecule has 3 heteroatoms. The molecule has 1 fully saturated rings. The molecule has 2 rings (SSSR count). The summed E-state index contributed by atoms with van der Waals surface area (Å²) in [5.41, 5.74) is 1.10. The minimum absolute atomic E-state index is 0.630. The zero-order valence-electron chi connectivity index (χ0n) is 10.9. The highest BCUT2D eigenvalue weighted by Crippen LogP contribution is 2.24. The summed E-state index contributed by atoms with van der Waals surface area (Å²) in [6.07, 6.45) is 6.60. The first-order valence-electron chi connectivity index (χ1n) is 6.82. The highest BCUT2D eigenvalue weighted by molar-refractivity contribution is 6.33. The van der Waals surface area contributed by atoms with Gasteiger partial charge in [0.25, 0.3) is 0 Å². The predicted octanol–water partition coefficient (Wildman–Crippen LogP) is 5.05. The van der Waals surface area contributed by atoms with E-state index in [2.05, 4.69) is 12.2 Å². The molecule has 0 heterocycles. The van der Waals surface area contributed by atoms with Gasteiger partial charge in [-0.1, -0.05) is 43.0 Å². The smallest absolute Gasteiger partial charge is 0.0451 e. The second kappa shape index (κ2) is 6.79. The maximum Gasteiger partial charge on any atom is 0.0451 e. The van der Waals surface area contributed by atoms with Gasteiger partial charge in [0, 0.05) is 22.6 Å². The van der Waals surface area contributed by atoms with Crippen molar-refractivity contribution in [3.8, 4) is 0 Å². The summed E-state index contributed by atoms with van der Waals surface area (Å²) in [7, 11) is 0. The fourth-order valence-electron chi connectivity index (χ4n) is 2.62. The van der Waals surface area contributed by atoms with E-state index in [4.69, 9.17) is 23.2 Å². The lowest BCUT2D eigenvalue weighted by Gasteiger charge is -2.17. The van der Waals surface area contributed by atoms with Crippen LogP contribution >= 0.6 is 23.2 Å². The third-order valence-corrected chi connectivity index (χ3v) is 4.45. The maximum atomic E-state index is 6.17. The summed E-state index contributed by atoms with van der Waals surface area (Å²) in [6, 6.07) is 6.29. The molecule has 0 amide bonds. The van der Waals surface area contributed by atoms with Gasteiger partial charge in [0.2, 0.25) is 0 Å². The fourth-order valence-corrected chi connectivity index (χ4v) is 3.00. The first-order chi connectivity index (χ1) is 8.65. The van der Waals surface area contributed by atoms with Crippen molar-refractivity contribution in [2.45, 2.75) is 51.6 Å². The van der Waals surface area contributed by atoms with E-state index in [9.17, 15) is 0 Å². The van der Waals surface area contributed by atoms with Crippen LogP contribution in [0.1, 0.15) is 44.6 Å². The van der Waals surface area contributed by atoms with E-state index in [1.807, 2.05) is 18.2 Å². The van der Waals surface area contributed by atoms with Crippen molar-refractivity contribution in [3.63, 3.8) is 0 Å². The summed E-state index contributed by atoms with van der Waals surface area (Å²) in [5.74, 6) is 0.881. The molecule has 0 radical (unpaired) electrons. The average molecular weight is 286 g/mol. The minimum Gasteiger partial charge on any atom is -0.310 e. The molecule has 1 aliphatic rings. The van der Waals surface area contributed by atoms with Crippen LogP contribution in [0.15, 0.2) is 18.2 Å². The monoisotopic (exact) mass is 285 g/mol. The molecule has 0 bridgehead atoms. The molecule has 1 saturated carbocycles. The molecule has 1 nitrogen and oxygen atoms in total. The average Bonchev–Trinajstić information content (AvgIpc) is 2.55. The van der Waals surface area contributed by atoms with E-state index < -0.39 is 0 Å². The van der Waals surface area contributed by atoms with Crippen LogP contribution < -0.4 is 5.32 Å². The van der Waals surface area contributed by atoms with Crippen LogP contribution in [0.5, 0.6) is 0 Å². The number of nitrogens with one attached hydrogen (secondary N) is 1. The molecule has 0 aliphatic heterocycles. The number of hydrogen-bond acceptors (Lipinski definition) is 1. The van der Waals surface area contributed by atoms with Gasteiger partial charge in [0.15, 0.2) is 0 Å². The molecule has 0 spiro atoms. The molecule has 1 N–H and O–H groups in total. The second-order valence-electron chi connectivity index (χ2n) is 5.43. The summed E-state index contributed by atoms with van der Waals surface area (Å²) >= 11 is 12.2. The summed E-state index contributed by atoms with van der Waals surface area (Å²) in [6.45, 7) is 3.18. The Bertz CT molecular complexity index is 392. The van der Waals surface area contributed by atoms with Crippen molar-refractivity contribution in [3.05, 3.63) is 33.8 Å². The minimum atomic E-state index is 0.630. The molecule has 2 atom stereocenters. The van der Waals surface area contributed by atoms with E-state index in [-0.39, 0.29) is 0 Å². The van der Waals surface area contributed by atoms with E-state index in [1.165, 1.54) is 32.1 Å². The van der Waals surface area contributed by atoms with E-state index >= 15 is 0 Å². The maximum absolute atomic E-state index is 6.17. The summed E-state index contributed by atoms with van der Waals surface area (Å²) < 4.78 is 0. The van der Waals surface area contributed by atoms with Gasteiger partial charge in [-0.3, -0.25) is 0 Å². The van der Waals surface area contributed by atoms with E-state index in [1.54, 1.807) is 0 Å². The third-order valence-electron chi connectivity index (χ3n) is 3.85. The molecule has 0 aromatic heterocycles. The Morgan fingerprint density at radius 3 is 2.83 bits per heavy atom. The standard InChI is InChI=1S/C15H21Cl2N/c1-11-3-2-4-14(7-5-11)18-10-12-9-13(16)6-8-15(12)17/h6,8-9,11,14,18H,2-5,7,10H2,1H3. The summed E-state index contributed by atoms with van der Waals surface area (Å²) in [5, 5.41) is 5.18. The van der Waals surface area contributed by atoms with Gasteiger partial charge in [-0.05, 0) is 48.9 Å². The van der Waals surface area contributed by atoms with Gasteiger partial charge >= 0.3 is 0 Å². The van der Waals surface area contributed by atoms with Crippen molar-refractivity contribution >= 4 is 23.2 Å². The van der Waals surface area contributed by atoms with Crippen molar-refractivity contribution in [1.29, 1.82) is 0 Å². The van der Waals surface area contributed by atoms with Gasteiger partial charge < -0.3 is 5.32 Å². The molecule has 1 aromatic rings. The topological polar surface area (TPSA) is 12.0 Å². The first kappa shape index (κ1) is 14.2. The zero-order chi connectivity index (χ0) is 13.0. The van der Waals surface area contributed by atoms with Gasteiger partial charge in [0.05, 0.1) is 0 Å². The Balaban J connectivity index is 1.88.